The minimum atomic E-state index is -3.63. The van der Waals surface area contributed by atoms with Crippen molar-refractivity contribution < 1.29 is 13.3 Å². The molecule has 0 amide bonds. The van der Waals surface area contributed by atoms with Gasteiger partial charge in [0.05, 0.1) is 9.82 Å². The van der Waals surface area contributed by atoms with Gasteiger partial charge in [-0.25, -0.2) is 8.42 Å². The molecule has 116 valence electrons. The van der Waals surface area contributed by atoms with Gasteiger partial charge in [-0.2, -0.15) is 4.31 Å². The topological polar surface area (TPSA) is 92.5 Å². The van der Waals surface area contributed by atoms with Crippen LogP contribution in [0.25, 0.3) is 0 Å². The van der Waals surface area contributed by atoms with E-state index in [1.807, 2.05) is 0 Å². The van der Waals surface area contributed by atoms with E-state index in [1.54, 1.807) is 14.0 Å². The molecular weight excluding hydrogens is 294 g/mol. The van der Waals surface area contributed by atoms with Crippen LogP contribution in [0.2, 0.25) is 0 Å². The van der Waals surface area contributed by atoms with Gasteiger partial charge in [0, 0.05) is 25.2 Å². The van der Waals surface area contributed by atoms with Gasteiger partial charge in [0.25, 0.3) is 5.69 Å². The number of nitro groups is 1. The molecule has 1 aliphatic rings. The minimum Gasteiger partial charge on any atom is -0.317 e. The van der Waals surface area contributed by atoms with Gasteiger partial charge < -0.3 is 5.32 Å². The van der Waals surface area contributed by atoms with E-state index in [1.165, 1.54) is 22.5 Å². The Labute approximate surface area is 124 Å². The maximum Gasteiger partial charge on any atom is 0.269 e. The first kappa shape index (κ1) is 15.9. The summed E-state index contributed by atoms with van der Waals surface area (Å²) in [6.07, 6.45) is 1.53. The Morgan fingerprint density at radius 1 is 1.33 bits per heavy atom. The number of sulfonamides is 1. The molecule has 0 saturated carbocycles. The molecule has 21 heavy (non-hydrogen) atoms. The number of aryl methyl sites for hydroxylation is 1. The first-order chi connectivity index (χ1) is 9.84. The first-order valence-electron chi connectivity index (χ1n) is 6.78. The number of nitrogens with one attached hydrogen (secondary N) is 1. The molecule has 8 heteroatoms. The Balaban J connectivity index is 2.32. The third-order valence-electron chi connectivity index (χ3n) is 3.85. The van der Waals surface area contributed by atoms with Crippen molar-refractivity contribution in [1.29, 1.82) is 0 Å². The molecule has 1 aliphatic heterocycles. The second kappa shape index (κ2) is 6.08. The number of hydrogen-bond donors (Lipinski definition) is 1. The molecule has 0 aliphatic carbocycles. The molecule has 1 heterocycles. The van der Waals surface area contributed by atoms with Crippen molar-refractivity contribution >= 4 is 15.7 Å². The SMILES string of the molecule is Cc1cc([N+](=O)[O-])ccc1S(=O)(=O)N(C)C1CCNCC1. The summed E-state index contributed by atoms with van der Waals surface area (Å²) in [6.45, 7) is 3.17. The second-order valence-corrected chi connectivity index (χ2v) is 7.18. The Hall–Kier alpha value is -1.51. The van der Waals surface area contributed by atoms with Crippen molar-refractivity contribution in [2.24, 2.45) is 0 Å². The lowest BCUT2D eigenvalue weighted by molar-refractivity contribution is -0.385. The van der Waals surface area contributed by atoms with Crippen LogP contribution in [0.4, 0.5) is 5.69 Å². The van der Waals surface area contributed by atoms with Gasteiger partial charge in [0.1, 0.15) is 0 Å². The van der Waals surface area contributed by atoms with Crippen LogP contribution in [0.5, 0.6) is 0 Å². The average molecular weight is 313 g/mol. The number of non-ortho nitro benzene ring substituents is 1. The average Bonchev–Trinajstić information content (AvgIpc) is 2.46. The molecule has 1 aromatic carbocycles. The summed E-state index contributed by atoms with van der Waals surface area (Å²) in [7, 11) is -2.05. The molecule has 1 N–H and O–H groups in total. The van der Waals surface area contributed by atoms with E-state index in [0.717, 1.165) is 25.9 Å². The highest BCUT2D eigenvalue weighted by Gasteiger charge is 2.30. The Bertz CT molecular complexity index is 639. The van der Waals surface area contributed by atoms with Crippen LogP contribution in [0, 0.1) is 17.0 Å². The molecule has 2 rings (SSSR count). The summed E-state index contributed by atoms with van der Waals surface area (Å²) >= 11 is 0. The van der Waals surface area contributed by atoms with E-state index in [9.17, 15) is 18.5 Å². The van der Waals surface area contributed by atoms with Crippen molar-refractivity contribution in [2.75, 3.05) is 20.1 Å². The van der Waals surface area contributed by atoms with Crippen LogP contribution in [-0.2, 0) is 10.0 Å². The molecule has 1 fully saturated rings. The zero-order chi connectivity index (χ0) is 15.6. The van der Waals surface area contributed by atoms with Gasteiger partial charge in [-0.05, 0) is 44.5 Å². The van der Waals surface area contributed by atoms with Crippen LogP contribution in [0.3, 0.4) is 0 Å². The molecule has 1 aromatic rings. The monoisotopic (exact) mass is 313 g/mol. The largest absolute Gasteiger partial charge is 0.317 e. The van der Waals surface area contributed by atoms with Crippen LogP contribution in [-0.4, -0.2) is 43.8 Å². The van der Waals surface area contributed by atoms with Crippen molar-refractivity contribution in [2.45, 2.75) is 30.7 Å². The maximum atomic E-state index is 12.7. The molecule has 0 radical (unpaired) electrons. The van der Waals surface area contributed by atoms with E-state index in [4.69, 9.17) is 0 Å². The van der Waals surface area contributed by atoms with Gasteiger partial charge in [0.2, 0.25) is 10.0 Å². The highest BCUT2D eigenvalue weighted by molar-refractivity contribution is 7.89. The fourth-order valence-electron chi connectivity index (χ4n) is 2.56. The van der Waals surface area contributed by atoms with Gasteiger partial charge in [-0.3, -0.25) is 10.1 Å². The molecule has 0 unspecified atom stereocenters. The fraction of sp³-hybridized carbons (Fsp3) is 0.538. The lowest BCUT2D eigenvalue weighted by atomic mass is 10.1. The maximum absolute atomic E-state index is 12.7. The minimum absolute atomic E-state index is 0.0363. The number of rotatable bonds is 4. The van der Waals surface area contributed by atoms with Crippen molar-refractivity contribution in [3.63, 3.8) is 0 Å². The molecule has 0 atom stereocenters. The molecule has 1 saturated heterocycles. The van der Waals surface area contributed by atoms with Crippen LogP contribution in [0.15, 0.2) is 23.1 Å². The zero-order valence-corrected chi connectivity index (χ0v) is 12.9. The van der Waals surface area contributed by atoms with E-state index in [2.05, 4.69) is 5.32 Å². The molecular formula is C13H19N3O4S. The second-order valence-electron chi connectivity index (χ2n) is 5.21. The van der Waals surface area contributed by atoms with E-state index in [-0.39, 0.29) is 16.6 Å². The van der Waals surface area contributed by atoms with Gasteiger partial charge in [0.15, 0.2) is 0 Å². The first-order valence-corrected chi connectivity index (χ1v) is 8.22. The zero-order valence-electron chi connectivity index (χ0n) is 12.1. The third-order valence-corrected chi connectivity index (χ3v) is 5.92. The number of nitrogens with zero attached hydrogens (tertiary/aromatic N) is 2. The number of benzene rings is 1. The summed E-state index contributed by atoms with van der Waals surface area (Å²) in [6, 6.07) is 3.81. The molecule has 0 aromatic heterocycles. The molecule has 0 bridgehead atoms. The van der Waals surface area contributed by atoms with Crippen molar-refractivity contribution in [3.05, 3.63) is 33.9 Å². The Morgan fingerprint density at radius 2 is 1.95 bits per heavy atom. The third kappa shape index (κ3) is 3.22. The normalized spacial score (nSPS) is 17.1. The molecule has 7 nitrogen and oxygen atoms in total. The smallest absolute Gasteiger partial charge is 0.269 e. The van der Waals surface area contributed by atoms with Gasteiger partial charge in [-0.15, -0.1) is 0 Å². The van der Waals surface area contributed by atoms with Gasteiger partial charge in [-0.1, -0.05) is 0 Å². The Kier molecular flexibility index (Phi) is 4.60. The lowest BCUT2D eigenvalue weighted by Gasteiger charge is -2.31. The van der Waals surface area contributed by atoms with Crippen LogP contribution >= 0.6 is 0 Å². The summed E-state index contributed by atoms with van der Waals surface area (Å²) in [5.41, 5.74) is 0.293. The summed E-state index contributed by atoms with van der Waals surface area (Å²) in [4.78, 5) is 10.3. The van der Waals surface area contributed by atoms with Crippen molar-refractivity contribution in [3.8, 4) is 0 Å². The highest BCUT2D eigenvalue weighted by atomic mass is 32.2. The standard InChI is InChI=1S/C13H19N3O4S/c1-10-9-12(16(17)18)3-4-13(10)21(19,20)15(2)11-5-7-14-8-6-11/h3-4,9,11,14H,5-8H2,1-2H3. The van der Waals surface area contributed by atoms with E-state index >= 15 is 0 Å². The highest BCUT2D eigenvalue weighted by Crippen LogP contribution is 2.26. The summed E-state index contributed by atoms with van der Waals surface area (Å²) in [5.74, 6) is 0. The Morgan fingerprint density at radius 3 is 2.48 bits per heavy atom. The quantitative estimate of drug-likeness (QED) is 0.667. The summed E-state index contributed by atoms with van der Waals surface area (Å²) < 4.78 is 26.7. The summed E-state index contributed by atoms with van der Waals surface area (Å²) in [5, 5.41) is 13.9. The van der Waals surface area contributed by atoms with E-state index in [0.29, 0.717) is 5.56 Å². The van der Waals surface area contributed by atoms with E-state index < -0.39 is 14.9 Å². The number of nitro benzene ring substituents is 1. The lowest BCUT2D eigenvalue weighted by Crippen LogP contribution is -2.44. The molecule has 0 spiro atoms. The van der Waals surface area contributed by atoms with Crippen LogP contribution in [0.1, 0.15) is 18.4 Å². The predicted molar refractivity (Wildman–Crippen MR) is 78.7 cm³/mol. The van der Waals surface area contributed by atoms with Crippen LogP contribution < -0.4 is 5.32 Å². The predicted octanol–water partition coefficient (Wildman–Crippen LogP) is 1.28. The number of hydrogen-bond acceptors (Lipinski definition) is 5. The fourth-order valence-corrected chi connectivity index (χ4v) is 4.18. The van der Waals surface area contributed by atoms with Crippen molar-refractivity contribution in [1.82, 2.24) is 9.62 Å². The van der Waals surface area contributed by atoms with Gasteiger partial charge >= 0.3 is 0 Å². The number of piperidine rings is 1.